The number of rotatable bonds is 5. The van der Waals surface area contributed by atoms with Crippen LogP contribution in [0.4, 0.5) is 5.69 Å². The number of hydrogen-bond acceptors (Lipinski definition) is 4. The molecule has 0 saturated carbocycles. The molecule has 0 bridgehead atoms. The van der Waals surface area contributed by atoms with E-state index >= 15 is 0 Å². The molecule has 0 aliphatic carbocycles. The van der Waals surface area contributed by atoms with Gasteiger partial charge in [0.2, 0.25) is 0 Å². The Morgan fingerprint density at radius 2 is 1.90 bits per heavy atom. The smallest absolute Gasteiger partial charge is 0.321 e. The van der Waals surface area contributed by atoms with E-state index in [1.165, 1.54) is 0 Å². The van der Waals surface area contributed by atoms with Crippen LogP contribution in [0.3, 0.4) is 0 Å². The summed E-state index contributed by atoms with van der Waals surface area (Å²) in [6, 6.07) is 7.60. The molecule has 1 aliphatic rings. The Labute approximate surface area is 126 Å². The Kier molecular flexibility index (Phi) is 5.07. The highest BCUT2D eigenvalue weighted by Crippen LogP contribution is 2.23. The third kappa shape index (κ3) is 3.67. The maximum atomic E-state index is 11.4. The summed E-state index contributed by atoms with van der Waals surface area (Å²) >= 11 is 0. The monoisotopic (exact) mass is 292 g/mol. The van der Waals surface area contributed by atoms with Crippen LogP contribution in [-0.4, -0.2) is 55.3 Å². The molecule has 1 aromatic rings. The molecule has 21 heavy (non-hydrogen) atoms. The standard InChI is InChI=1S/C16H24N2O3/c1-12(2)15(16(19)20)18-9-7-17(8-10-18)13-5-4-6-14(11-13)21-3/h4-6,11-12,15H,7-10H2,1-3H3,(H,19,20). The van der Waals surface area contributed by atoms with Crippen LogP contribution in [-0.2, 0) is 4.79 Å². The summed E-state index contributed by atoms with van der Waals surface area (Å²) < 4.78 is 5.25. The molecule has 1 unspecified atom stereocenters. The number of piperazine rings is 1. The van der Waals surface area contributed by atoms with Gasteiger partial charge in [-0.2, -0.15) is 0 Å². The summed E-state index contributed by atoms with van der Waals surface area (Å²) in [4.78, 5) is 15.8. The molecule has 1 saturated heterocycles. The molecule has 1 fully saturated rings. The predicted octanol–water partition coefficient (Wildman–Crippen LogP) is 1.93. The molecule has 1 N–H and O–H groups in total. The van der Waals surface area contributed by atoms with Crippen LogP contribution >= 0.6 is 0 Å². The van der Waals surface area contributed by atoms with E-state index in [-0.39, 0.29) is 5.92 Å². The number of hydrogen-bond donors (Lipinski definition) is 1. The second-order valence-corrected chi connectivity index (χ2v) is 5.75. The Hall–Kier alpha value is -1.75. The lowest BCUT2D eigenvalue weighted by molar-refractivity contribution is -0.145. The number of benzene rings is 1. The minimum Gasteiger partial charge on any atom is -0.497 e. The molecule has 5 heteroatoms. The van der Waals surface area contributed by atoms with Crippen molar-refractivity contribution < 1.29 is 14.6 Å². The van der Waals surface area contributed by atoms with Gasteiger partial charge in [-0.05, 0) is 18.1 Å². The predicted molar refractivity (Wildman–Crippen MR) is 83.0 cm³/mol. The van der Waals surface area contributed by atoms with E-state index in [1.807, 2.05) is 32.0 Å². The number of aliphatic carboxylic acids is 1. The Balaban J connectivity index is 2.00. The number of nitrogens with zero attached hydrogens (tertiary/aromatic N) is 2. The van der Waals surface area contributed by atoms with Gasteiger partial charge in [-0.25, -0.2) is 0 Å². The van der Waals surface area contributed by atoms with Crippen LogP contribution in [0.5, 0.6) is 5.75 Å². The van der Waals surface area contributed by atoms with Crippen LogP contribution in [0, 0.1) is 5.92 Å². The largest absolute Gasteiger partial charge is 0.497 e. The van der Waals surface area contributed by atoms with Gasteiger partial charge < -0.3 is 14.7 Å². The zero-order valence-corrected chi connectivity index (χ0v) is 13.0. The Bertz CT molecular complexity index is 482. The van der Waals surface area contributed by atoms with Gasteiger partial charge in [0.15, 0.2) is 0 Å². The summed E-state index contributed by atoms with van der Waals surface area (Å²) in [7, 11) is 1.66. The summed E-state index contributed by atoms with van der Waals surface area (Å²) in [5.74, 6) is 0.242. The maximum absolute atomic E-state index is 11.4. The van der Waals surface area contributed by atoms with Crippen molar-refractivity contribution in [3.63, 3.8) is 0 Å². The second-order valence-electron chi connectivity index (χ2n) is 5.75. The second kappa shape index (κ2) is 6.80. The number of anilines is 1. The lowest BCUT2D eigenvalue weighted by atomic mass is 10.0. The minimum atomic E-state index is -0.722. The van der Waals surface area contributed by atoms with Crippen molar-refractivity contribution in [2.75, 3.05) is 38.2 Å². The zero-order valence-electron chi connectivity index (χ0n) is 13.0. The molecule has 0 spiro atoms. The minimum absolute atomic E-state index is 0.117. The molecule has 5 nitrogen and oxygen atoms in total. The van der Waals surface area contributed by atoms with Gasteiger partial charge in [-0.1, -0.05) is 19.9 Å². The lowest BCUT2D eigenvalue weighted by Gasteiger charge is -2.40. The highest BCUT2D eigenvalue weighted by molar-refractivity contribution is 5.73. The number of carboxylic acids is 1. The fourth-order valence-corrected chi connectivity index (χ4v) is 2.93. The fourth-order valence-electron chi connectivity index (χ4n) is 2.93. The normalized spacial score (nSPS) is 17.8. The molecule has 2 rings (SSSR count). The summed E-state index contributed by atoms with van der Waals surface area (Å²) in [6.07, 6.45) is 0. The van der Waals surface area contributed by atoms with E-state index in [0.29, 0.717) is 0 Å². The number of carboxylic acid groups (broad SMARTS) is 1. The lowest BCUT2D eigenvalue weighted by Crippen LogP contribution is -2.54. The van der Waals surface area contributed by atoms with E-state index in [0.717, 1.165) is 37.6 Å². The van der Waals surface area contributed by atoms with Crippen molar-refractivity contribution in [3.8, 4) is 5.75 Å². The van der Waals surface area contributed by atoms with Crippen LogP contribution in [0.1, 0.15) is 13.8 Å². The van der Waals surface area contributed by atoms with Crippen molar-refractivity contribution in [1.82, 2.24) is 4.90 Å². The Morgan fingerprint density at radius 3 is 2.43 bits per heavy atom. The molecule has 1 heterocycles. The number of ether oxygens (including phenoxy) is 1. The summed E-state index contributed by atoms with van der Waals surface area (Å²) in [5.41, 5.74) is 1.13. The Morgan fingerprint density at radius 1 is 1.24 bits per heavy atom. The van der Waals surface area contributed by atoms with Gasteiger partial charge in [0.25, 0.3) is 0 Å². The van der Waals surface area contributed by atoms with Crippen molar-refractivity contribution in [1.29, 1.82) is 0 Å². The van der Waals surface area contributed by atoms with E-state index in [4.69, 9.17) is 4.74 Å². The molecule has 0 radical (unpaired) electrons. The molecule has 0 aromatic heterocycles. The first-order valence-corrected chi connectivity index (χ1v) is 7.38. The maximum Gasteiger partial charge on any atom is 0.321 e. The molecule has 1 aromatic carbocycles. The number of methoxy groups -OCH3 is 1. The van der Waals surface area contributed by atoms with E-state index in [2.05, 4.69) is 15.9 Å². The first kappa shape index (κ1) is 15.6. The van der Waals surface area contributed by atoms with Crippen LogP contribution < -0.4 is 9.64 Å². The van der Waals surface area contributed by atoms with Gasteiger partial charge in [0.1, 0.15) is 11.8 Å². The first-order chi connectivity index (χ1) is 10.0. The van der Waals surface area contributed by atoms with E-state index in [9.17, 15) is 9.90 Å². The van der Waals surface area contributed by atoms with E-state index < -0.39 is 12.0 Å². The van der Waals surface area contributed by atoms with Crippen molar-refractivity contribution in [2.24, 2.45) is 5.92 Å². The summed E-state index contributed by atoms with van der Waals surface area (Å²) in [5, 5.41) is 9.38. The fraction of sp³-hybridized carbons (Fsp3) is 0.562. The number of carbonyl (C=O) groups is 1. The highest BCUT2D eigenvalue weighted by atomic mass is 16.5. The average Bonchev–Trinajstić information content (AvgIpc) is 2.47. The molecule has 1 aliphatic heterocycles. The molecule has 0 amide bonds. The molecule has 116 valence electrons. The average molecular weight is 292 g/mol. The molecular weight excluding hydrogens is 268 g/mol. The quantitative estimate of drug-likeness (QED) is 0.898. The summed E-state index contributed by atoms with van der Waals surface area (Å²) in [6.45, 7) is 7.15. The van der Waals surface area contributed by atoms with Crippen LogP contribution in [0.15, 0.2) is 24.3 Å². The highest BCUT2D eigenvalue weighted by Gasteiger charge is 2.31. The van der Waals surface area contributed by atoms with E-state index in [1.54, 1.807) is 7.11 Å². The molecule has 1 atom stereocenters. The zero-order chi connectivity index (χ0) is 15.4. The molecular formula is C16H24N2O3. The van der Waals surface area contributed by atoms with Crippen molar-refractivity contribution in [3.05, 3.63) is 24.3 Å². The van der Waals surface area contributed by atoms with Crippen molar-refractivity contribution >= 4 is 11.7 Å². The van der Waals surface area contributed by atoms with Gasteiger partial charge in [-0.3, -0.25) is 9.69 Å². The van der Waals surface area contributed by atoms with Crippen molar-refractivity contribution in [2.45, 2.75) is 19.9 Å². The van der Waals surface area contributed by atoms with Gasteiger partial charge in [0, 0.05) is 37.9 Å². The van der Waals surface area contributed by atoms with Gasteiger partial charge in [-0.15, -0.1) is 0 Å². The first-order valence-electron chi connectivity index (χ1n) is 7.38. The van der Waals surface area contributed by atoms with Crippen LogP contribution in [0.2, 0.25) is 0 Å². The van der Waals surface area contributed by atoms with Gasteiger partial charge >= 0.3 is 5.97 Å². The SMILES string of the molecule is COc1cccc(N2CCN(C(C(=O)O)C(C)C)CC2)c1. The van der Waals surface area contributed by atoms with Crippen LogP contribution in [0.25, 0.3) is 0 Å². The topological polar surface area (TPSA) is 53.0 Å². The third-order valence-electron chi connectivity index (χ3n) is 4.01. The van der Waals surface area contributed by atoms with Gasteiger partial charge in [0.05, 0.1) is 7.11 Å². The third-order valence-corrected chi connectivity index (χ3v) is 4.01.